The third-order valence-electron chi connectivity index (χ3n) is 5.46. The van der Waals surface area contributed by atoms with Crippen molar-refractivity contribution in [2.45, 2.75) is 34.1 Å². The fraction of sp³-hybridized carbons (Fsp3) is 0.391. The number of H-pyrrole nitrogens is 1. The van der Waals surface area contributed by atoms with Crippen LogP contribution in [0.1, 0.15) is 53.1 Å². The summed E-state index contributed by atoms with van der Waals surface area (Å²) >= 11 is 0. The molecular formula is C23H29FN4O2. The fourth-order valence-corrected chi connectivity index (χ4v) is 3.87. The predicted molar refractivity (Wildman–Crippen MR) is 118 cm³/mol. The van der Waals surface area contributed by atoms with Crippen LogP contribution in [0, 0.1) is 19.7 Å². The molecule has 0 aliphatic carbocycles. The molecule has 7 heteroatoms. The van der Waals surface area contributed by atoms with Gasteiger partial charge in [-0.1, -0.05) is 13.8 Å². The topological polar surface area (TPSA) is 77.2 Å². The van der Waals surface area contributed by atoms with E-state index in [0.29, 0.717) is 34.6 Å². The van der Waals surface area contributed by atoms with E-state index in [0.717, 1.165) is 37.3 Å². The zero-order valence-corrected chi connectivity index (χ0v) is 18.0. The van der Waals surface area contributed by atoms with Crippen LogP contribution < -0.4 is 10.6 Å². The second-order valence-corrected chi connectivity index (χ2v) is 7.56. The largest absolute Gasteiger partial charge is 0.358 e. The minimum atomic E-state index is -0.403. The smallest absolute Gasteiger partial charge is 0.256 e. The molecule has 0 bridgehead atoms. The first-order valence-electron chi connectivity index (χ1n) is 10.4. The van der Waals surface area contributed by atoms with Crippen molar-refractivity contribution in [3.8, 4) is 0 Å². The highest BCUT2D eigenvalue weighted by atomic mass is 19.1. The zero-order valence-electron chi connectivity index (χ0n) is 18.0. The van der Waals surface area contributed by atoms with Gasteiger partial charge in [0, 0.05) is 35.7 Å². The monoisotopic (exact) mass is 412 g/mol. The summed E-state index contributed by atoms with van der Waals surface area (Å²) in [5.74, 6) is -0.829. The Balaban J connectivity index is 1.80. The Kier molecular flexibility index (Phi) is 6.72. The van der Waals surface area contributed by atoms with Crippen LogP contribution in [0.4, 0.5) is 10.1 Å². The minimum absolute atomic E-state index is 0.138. The van der Waals surface area contributed by atoms with E-state index in [1.807, 2.05) is 13.8 Å². The van der Waals surface area contributed by atoms with Crippen LogP contribution in [0.3, 0.4) is 0 Å². The van der Waals surface area contributed by atoms with E-state index in [-0.39, 0.29) is 11.8 Å². The first-order valence-corrected chi connectivity index (χ1v) is 10.4. The number of carbonyl (C=O) groups is 2. The van der Waals surface area contributed by atoms with Gasteiger partial charge in [0.25, 0.3) is 11.8 Å². The van der Waals surface area contributed by atoms with Gasteiger partial charge in [0.15, 0.2) is 0 Å². The zero-order chi connectivity index (χ0) is 21.8. The van der Waals surface area contributed by atoms with Gasteiger partial charge in [-0.2, -0.15) is 0 Å². The van der Waals surface area contributed by atoms with Crippen LogP contribution in [0.25, 0.3) is 11.6 Å². The van der Waals surface area contributed by atoms with Gasteiger partial charge in [0.1, 0.15) is 5.82 Å². The summed E-state index contributed by atoms with van der Waals surface area (Å²) in [5.41, 5.74) is 4.22. The summed E-state index contributed by atoms with van der Waals surface area (Å²) in [5, 5.41) is 5.73. The molecule has 0 saturated carbocycles. The van der Waals surface area contributed by atoms with Crippen molar-refractivity contribution in [3.63, 3.8) is 0 Å². The van der Waals surface area contributed by atoms with Gasteiger partial charge in [-0.15, -0.1) is 0 Å². The van der Waals surface area contributed by atoms with Gasteiger partial charge in [0.2, 0.25) is 0 Å². The second-order valence-electron chi connectivity index (χ2n) is 7.56. The molecule has 2 amide bonds. The maximum Gasteiger partial charge on any atom is 0.256 e. The Bertz CT molecular complexity index is 993. The third-order valence-corrected chi connectivity index (χ3v) is 5.46. The van der Waals surface area contributed by atoms with Crippen LogP contribution in [-0.4, -0.2) is 47.9 Å². The lowest BCUT2D eigenvalue weighted by molar-refractivity contribution is -0.110. The highest BCUT2D eigenvalue weighted by molar-refractivity contribution is 6.34. The average molecular weight is 413 g/mol. The lowest BCUT2D eigenvalue weighted by Crippen LogP contribution is -2.35. The van der Waals surface area contributed by atoms with Gasteiger partial charge >= 0.3 is 0 Å². The molecule has 1 aliphatic heterocycles. The number of aryl methyl sites for hydroxylation is 1. The molecule has 160 valence electrons. The number of benzene rings is 1. The maximum atomic E-state index is 13.7. The fourth-order valence-electron chi connectivity index (χ4n) is 3.87. The van der Waals surface area contributed by atoms with Gasteiger partial charge in [0.05, 0.1) is 11.1 Å². The number of aromatic nitrogens is 1. The average Bonchev–Trinajstić information content (AvgIpc) is 3.16. The van der Waals surface area contributed by atoms with Crippen LogP contribution in [-0.2, 0) is 4.79 Å². The minimum Gasteiger partial charge on any atom is -0.358 e. The van der Waals surface area contributed by atoms with E-state index in [1.165, 1.54) is 12.1 Å². The highest BCUT2D eigenvalue weighted by Gasteiger charge is 2.26. The number of carbonyl (C=O) groups excluding carboxylic acids is 2. The first kappa shape index (κ1) is 21.8. The summed E-state index contributed by atoms with van der Waals surface area (Å²) in [6.07, 6.45) is 2.76. The molecule has 0 unspecified atom stereocenters. The number of halogens is 1. The molecular weight excluding hydrogens is 383 g/mol. The van der Waals surface area contributed by atoms with Gasteiger partial charge in [-0.3, -0.25) is 9.59 Å². The summed E-state index contributed by atoms with van der Waals surface area (Å²) in [6, 6.07) is 4.20. The van der Waals surface area contributed by atoms with Crippen molar-refractivity contribution in [1.82, 2.24) is 15.2 Å². The third kappa shape index (κ3) is 4.46. The highest BCUT2D eigenvalue weighted by Crippen LogP contribution is 2.34. The summed E-state index contributed by atoms with van der Waals surface area (Å²) in [6.45, 7) is 11.3. The van der Waals surface area contributed by atoms with Gasteiger partial charge in [-0.05, 0) is 63.2 Å². The second kappa shape index (κ2) is 9.26. The number of nitrogens with one attached hydrogen (secondary N) is 3. The lowest BCUT2D eigenvalue weighted by Gasteiger charge is -2.19. The number of anilines is 1. The molecule has 2 aromatic rings. The molecule has 30 heavy (non-hydrogen) atoms. The van der Waals surface area contributed by atoms with E-state index < -0.39 is 5.82 Å². The van der Waals surface area contributed by atoms with E-state index >= 15 is 0 Å². The van der Waals surface area contributed by atoms with E-state index in [2.05, 4.69) is 34.4 Å². The number of nitrogens with zero attached hydrogens (tertiary/aromatic N) is 1. The maximum absolute atomic E-state index is 13.7. The molecule has 6 nitrogen and oxygen atoms in total. The number of likely N-dealkylation sites (N-methyl/N-ethyl adjacent to an activating group) is 1. The SMILES string of the molecule is CCCN(CC)CCNC(=O)c1c(C)[nH]c(/C=C2\C(=O)Nc3ccc(F)cc32)c1C. The number of hydrogen-bond donors (Lipinski definition) is 3. The Hall–Kier alpha value is -2.93. The molecule has 2 heterocycles. The first-order chi connectivity index (χ1) is 14.3. The summed E-state index contributed by atoms with van der Waals surface area (Å²) < 4.78 is 13.7. The molecule has 0 saturated heterocycles. The summed E-state index contributed by atoms with van der Waals surface area (Å²) in [7, 11) is 0. The molecule has 1 aromatic carbocycles. The van der Waals surface area contributed by atoms with Crippen molar-refractivity contribution in [2.75, 3.05) is 31.5 Å². The van der Waals surface area contributed by atoms with E-state index in [9.17, 15) is 14.0 Å². The number of aromatic amines is 1. The molecule has 1 aliphatic rings. The lowest BCUT2D eigenvalue weighted by atomic mass is 10.0. The number of amides is 2. The summed E-state index contributed by atoms with van der Waals surface area (Å²) in [4.78, 5) is 30.6. The Morgan fingerprint density at radius 2 is 2.00 bits per heavy atom. The number of hydrogen-bond acceptors (Lipinski definition) is 3. The number of rotatable bonds is 8. The van der Waals surface area contributed by atoms with Crippen molar-refractivity contribution in [3.05, 3.63) is 52.1 Å². The molecule has 1 aromatic heterocycles. The molecule has 0 atom stereocenters. The molecule has 0 fully saturated rings. The van der Waals surface area contributed by atoms with Gasteiger partial charge in [-0.25, -0.2) is 4.39 Å². The van der Waals surface area contributed by atoms with Gasteiger partial charge < -0.3 is 20.5 Å². The molecule has 3 N–H and O–H groups in total. The molecule has 3 rings (SSSR count). The van der Waals surface area contributed by atoms with Crippen LogP contribution in [0.5, 0.6) is 0 Å². The molecule has 0 radical (unpaired) electrons. The normalized spacial score (nSPS) is 14.3. The predicted octanol–water partition coefficient (Wildman–Crippen LogP) is 3.73. The Morgan fingerprint density at radius 3 is 2.70 bits per heavy atom. The van der Waals surface area contributed by atoms with E-state index in [1.54, 1.807) is 12.1 Å². The van der Waals surface area contributed by atoms with Crippen molar-refractivity contribution < 1.29 is 14.0 Å². The number of fused-ring (bicyclic) bond motifs is 1. The quantitative estimate of drug-likeness (QED) is 0.578. The van der Waals surface area contributed by atoms with Crippen LogP contribution in [0.15, 0.2) is 18.2 Å². The van der Waals surface area contributed by atoms with Crippen molar-refractivity contribution in [2.24, 2.45) is 0 Å². The standard InChI is InChI=1S/C23H29FN4O2/c1-5-10-28(6-2)11-9-25-23(30)21-14(3)20(26-15(21)4)13-18-17-12-16(24)7-8-19(17)27-22(18)29/h7-8,12-13,26H,5-6,9-11H2,1-4H3,(H,25,30)(H,27,29)/b18-13-. The molecule has 0 spiro atoms. The Labute approximate surface area is 176 Å². The van der Waals surface area contributed by atoms with Crippen LogP contribution >= 0.6 is 0 Å². The van der Waals surface area contributed by atoms with E-state index in [4.69, 9.17) is 0 Å². The van der Waals surface area contributed by atoms with Crippen LogP contribution in [0.2, 0.25) is 0 Å². The Morgan fingerprint density at radius 1 is 1.23 bits per heavy atom. The van der Waals surface area contributed by atoms with Crippen molar-refractivity contribution >= 4 is 29.2 Å². The van der Waals surface area contributed by atoms with Crippen molar-refractivity contribution in [1.29, 1.82) is 0 Å².